The number of aliphatic imine (C=N–C) groups is 1. The molecular formula is C18H26IN5O2S2. The molecule has 28 heavy (non-hydrogen) atoms. The number of anilines is 1. The van der Waals surface area contributed by atoms with Crippen molar-refractivity contribution < 1.29 is 8.42 Å². The molecule has 0 bridgehead atoms. The van der Waals surface area contributed by atoms with Crippen LogP contribution in [0.25, 0.3) is 0 Å². The van der Waals surface area contributed by atoms with Gasteiger partial charge in [-0.1, -0.05) is 12.1 Å². The van der Waals surface area contributed by atoms with Gasteiger partial charge in [-0.15, -0.1) is 35.3 Å². The molecule has 2 heterocycles. The summed E-state index contributed by atoms with van der Waals surface area (Å²) in [6, 6.07) is 11.2. The van der Waals surface area contributed by atoms with Gasteiger partial charge in [0.1, 0.15) is 0 Å². The third-order valence-electron chi connectivity index (χ3n) is 4.59. The zero-order chi connectivity index (χ0) is 19.3. The molecule has 10 heteroatoms. The lowest BCUT2D eigenvalue weighted by atomic mass is 10.1. The molecule has 1 fully saturated rings. The largest absolute Gasteiger partial charge is 0.363 e. The molecule has 1 saturated heterocycles. The van der Waals surface area contributed by atoms with Crippen LogP contribution >= 0.6 is 35.3 Å². The fourth-order valence-corrected chi connectivity index (χ4v) is 4.37. The Morgan fingerprint density at radius 3 is 2.46 bits per heavy atom. The number of nitrogens with zero attached hydrogens (tertiary/aromatic N) is 2. The van der Waals surface area contributed by atoms with Crippen LogP contribution in [0, 0.1) is 0 Å². The lowest BCUT2D eigenvalue weighted by Crippen LogP contribution is -2.48. The first kappa shape index (κ1) is 22.9. The van der Waals surface area contributed by atoms with Crippen molar-refractivity contribution in [3.63, 3.8) is 0 Å². The molecule has 154 valence electrons. The predicted octanol–water partition coefficient (Wildman–Crippen LogP) is 2.35. The molecule has 0 atom stereocenters. The topological polar surface area (TPSA) is 99.8 Å². The Balaban J connectivity index is 0.00000280. The Morgan fingerprint density at radius 1 is 1.25 bits per heavy atom. The van der Waals surface area contributed by atoms with Gasteiger partial charge in [-0.05, 0) is 48.1 Å². The Hall–Kier alpha value is -1.37. The highest BCUT2D eigenvalue weighted by molar-refractivity contribution is 14.0. The molecule has 1 aromatic heterocycles. The number of guanidine groups is 1. The van der Waals surface area contributed by atoms with Gasteiger partial charge >= 0.3 is 0 Å². The highest BCUT2D eigenvalue weighted by Gasteiger charge is 2.20. The van der Waals surface area contributed by atoms with Gasteiger partial charge in [-0.2, -0.15) is 0 Å². The molecule has 4 N–H and O–H groups in total. The number of nitrogens with two attached hydrogens (primary N) is 1. The quantitative estimate of drug-likeness (QED) is 0.310. The maximum Gasteiger partial charge on any atom is 0.238 e. The third-order valence-corrected chi connectivity index (χ3v) is 6.45. The summed E-state index contributed by atoms with van der Waals surface area (Å²) in [7, 11) is -1.91. The van der Waals surface area contributed by atoms with E-state index < -0.39 is 10.0 Å². The molecule has 7 nitrogen and oxygen atoms in total. The van der Waals surface area contributed by atoms with Crippen molar-refractivity contribution in [2.24, 2.45) is 10.1 Å². The number of halogens is 1. The van der Waals surface area contributed by atoms with E-state index in [4.69, 9.17) is 5.14 Å². The monoisotopic (exact) mass is 535 g/mol. The number of nitrogens with one attached hydrogen (secondary N) is 2. The van der Waals surface area contributed by atoms with Gasteiger partial charge in [0.25, 0.3) is 0 Å². The minimum Gasteiger partial charge on any atom is -0.363 e. The average Bonchev–Trinajstić information content (AvgIpc) is 3.20. The Bertz CT molecular complexity index is 862. The zero-order valence-electron chi connectivity index (χ0n) is 15.7. The standard InChI is InChI=1S/C18H25N5O2S2.HI/c1-20-18(21-13-14-4-6-16(7-5-14)27(19,24)25)22-15-8-10-23(11-9-15)17-3-2-12-26-17;/h2-7,12,15H,8-11,13H2,1H3,(H2,19,24,25)(H2,20,21,22);1H. The second kappa shape index (κ2) is 10.4. The van der Waals surface area contributed by atoms with Crippen molar-refractivity contribution in [1.29, 1.82) is 0 Å². The van der Waals surface area contributed by atoms with Gasteiger partial charge < -0.3 is 15.5 Å². The summed E-state index contributed by atoms with van der Waals surface area (Å²) < 4.78 is 22.6. The fourth-order valence-electron chi connectivity index (χ4n) is 3.06. The van der Waals surface area contributed by atoms with Gasteiger partial charge in [-0.3, -0.25) is 4.99 Å². The summed E-state index contributed by atoms with van der Waals surface area (Å²) in [5, 5.41) is 15.3. The Morgan fingerprint density at radius 2 is 1.93 bits per heavy atom. The molecule has 0 spiro atoms. The van der Waals surface area contributed by atoms with Crippen LogP contribution in [-0.2, 0) is 16.6 Å². The smallest absolute Gasteiger partial charge is 0.238 e. The van der Waals surface area contributed by atoms with Gasteiger partial charge in [0, 0.05) is 32.7 Å². The highest BCUT2D eigenvalue weighted by Crippen LogP contribution is 2.24. The molecule has 1 aliphatic heterocycles. The molecule has 2 aromatic rings. The molecule has 0 amide bonds. The molecular weight excluding hydrogens is 509 g/mol. The molecule has 0 unspecified atom stereocenters. The predicted molar refractivity (Wildman–Crippen MR) is 126 cm³/mol. The van der Waals surface area contributed by atoms with Crippen molar-refractivity contribution >= 4 is 56.3 Å². The number of hydrogen-bond donors (Lipinski definition) is 3. The van der Waals surface area contributed by atoms with Gasteiger partial charge in [0.2, 0.25) is 10.0 Å². The SMILES string of the molecule is CN=C(NCc1ccc(S(N)(=O)=O)cc1)NC1CCN(c2cccs2)CC1.I. The van der Waals surface area contributed by atoms with Crippen LogP contribution in [0.1, 0.15) is 18.4 Å². The van der Waals surface area contributed by atoms with E-state index in [1.807, 2.05) is 0 Å². The Labute approximate surface area is 187 Å². The zero-order valence-corrected chi connectivity index (χ0v) is 19.6. The second-order valence-corrected chi connectivity index (χ2v) is 8.96. The van der Waals surface area contributed by atoms with Gasteiger partial charge in [-0.25, -0.2) is 13.6 Å². The van der Waals surface area contributed by atoms with E-state index in [9.17, 15) is 8.42 Å². The minimum absolute atomic E-state index is 0. The van der Waals surface area contributed by atoms with Crippen LogP contribution in [-0.4, -0.2) is 40.6 Å². The number of primary sulfonamides is 1. The first-order chi connectivity index (χ1) is 13.0. The van der Waals surface area contributed by atoms with Crippen molar-refractivity contribution in [3.05, 3.63) is 47.3 Å². The van der Waals surface area contributed by atoms with Crippen molar-refractivity contribution in [2.75, 3.05) is 25.0 Å². The number of sulfonamides is 1. The van der Waals surface area contributed by atoms with E-state index in [2.05, 4.69) is 38.0 Å². The van der Waals surface area contributed by atoms with E-state index in [0.29, 0.717) is 12.6 Å². The molecule has 0 radical (unpaired) electrons. The van der Waals surface area contributed by atoms with Gasteiger partial charge in [0.15, 0.2) is 5.96 Å². The molecule has 1 aromatic carbocycles. The molecule has 3 rings (SSSR count). The van der Waals surface area contributed by atoms with Crippen LogP contribution in [0.2, 0.25) is 0 Å². The number of thiophene rings is 1. The number of rotatable bonds is 5. The molecule has 1 aliphatic rings. The van der Waals surface area contributed by atoms with Crippen molar-refractivity contribution in [1.82, 2.24) is 10.6 Å². The fraction of sp³-hybridized carbons (Fsp3) is 0.389. The first-order valence-electron chi connectivity index (χ1n) is 8.83. The average molecular weight is 535 g/mol. The van der Waals surface area contributed by atoms with E-state index in [1.165, 1.54) is 17.1 Å². The highest BCUT2D eigenvalue weighted by atomic mass is 127. The second-order valence-electron chi connectivity index (χ2n) is 6.47. The van der Waals surface area contributed by atoms with Crippen molar-refractivity contribution in [3.8, 4) is 0 Å². The summed E-state index contributed by atoms with van der Waals surface area (Å²) in [5.41, 5.74) is 0.956. The maximum atomic E-state index is 11.3. The third kappa shape index (κ3) is 6.33. The van der Waals surface area contributed by atoms with Crippen LogP contribution in [0.15, 0.2) is 51.7 Å². The lowest BCUT2D eigenvalue weighted by molar-refractivity contribution is 0.463. The van der Waals surface area contributed by atoms with E-state index in [1.54, 1.807) is 30.5 Å². The summed E-state index contributed by atoms with van der Waals surface area (Å²) >= 11 is 1.78. The van der Waals surface area contributed by atoms with E-state index >= 15 is 0 Å². The van der Waals surface area contributed by atoms with Crippen molar-refractivity contribution in [2.45, 2.75) is 30.3 Å². The minimum atomic E-state index is -3.66. The van der Waals surface area contributed by atoms with Crippen LogP contribution in [0.5, 0.6) is 0 Å². The lowest BCUT2D eigenvalue weighted by Gasteiger charge is -2.33. The summed E-state index contributed by atoms with van der Waals surface area (Å²) in [6.45, 7) is 2.62. The van der Waals surface area contributed by atoms with Crippen LogP contribution < -0.4 is 20.7 Å². The molecule has 0 aliphatic carbocycles. The van der Waals surface area contributed by atoms with Crippen LogP contribution in [0.4, 0.5) is 5.00 Å². The van der Waals surface area contributed by atoms with Crippen LogP contribution in [0.3, 0.4) is 0 Å². The van der Waals surface area contributed by atoms with E-state index in [-0.39, 0.29) is 28.9 Å². The Kier molecular flexibility index (Phi) is 8.53. The van der Waals surface area contributed by atoms with E-state index in [0.717, 1.165) is 37.5 Å². The number of hydrogen-bond acceptors (Lipinski definition) is 5. The van der Waals surface area contributed by atoms with Gasteiger partial charge in [0.05, 0.1) is 9.90 Å². The number of benzene rings is 1. The number of piperidine rings is 1. The summed E-state index contributed by atoms with van der Waals surface area (Å²) in [5.74, 6) is 0.750. The molecule has 0 saturated carbocycles. The normalized spacial score (nSPS) is 15.8. The maximum absolute atomic E-state index is 11.3. The summed E-state index contributed by atoms with van der Waals surface area (Å²) in [6.07, 6.45) is 2.11. The first-order valence-corrected chi connectivity index (χ1v) is 11.3. The summed E-state index contributed by atoms with van der Waals surface area (Å²) in [4.78, 5) is 6.83.